The molecule has 1 aromatic rings. The lowest BCUT2D eigenvalue weighted by molar-refractivity contribution is 0.753. The molecule has 0 saturated carbocycles. The molecule has 0 saturated heterocycles. The number of aromatic nitrogens is 1. The Balaban J connectivity index is 2.87. The van der Waals surface area contributed by atoms with E-state index in [1.165, 1.54) is 0 Å². The Morgan fingerprint density at radius 1 is 1.56 bits per heavy atom. The number of pyridine rings is 1. The molecule has 0 N–H and O–H groups in total. The lowest BCUT2D eigenvalue weighted by Gasteiger charge is -2.25. The molecular weight excluding hydrogens is 263 g/mol. The van der Waals surface area contributed by atoms with Gasteiger partial charge < -0.3 is 4.90 Å². The molecular formula is C11H16Cl2N2S. The van der Waals surface area contributed by atoms with Crippen molar-refractivity contribution in [3.8, 4) is 0 Å². The predicted octanol–water partition coefficient (Wildman–Crippen LogP) is 3.66. The Morgan fingerprint density at radius 2 is 2.25 bits per heavy atom. The zero-order chi connectivity index (χ0) is 12.1. The molecule has 0 aliphatic rings. The van der Waals surface area contributed by atoms with Crippen LogP contribution in [0.25, 0.3) is 0 Å². The normalized spacial score (nSPS) is 12.6. The van der Waals surface area contributed by atoms with E-state index in [0.717, 1.165) is 17.1 Å². The highest BCUT2D eigenvalue weighted by Gasteiger charge is 2.12. The summed E-state index contributed by atoms with van der Waals surface area (Å²) in [7, 11) is 2.04. The summed E-state index contributed by atoms with van der Waals surface area (Å²) in [5, 5.41) is 0.629. The number of hydrogen-bond acceptors (Lipinski definition) is 3. The van der Waals surface area contributed by atoms with Gasteiger partial charge in [-0.05, 0) is 24.8 Å². The van der Waals surface area contributed by atoms with Gasteiger partial charge in [-0.2, -0.15) is 11.8 Å². The first-order chi connectivity index (χ1) is 7.60. The van der Waals surface area contributed by atoms with E-state index in [-0.39, 0.29) is 0 Å². The minimum absolute atomic E-state index is 0.416. The first-order valence-electron chi connectivity index (χ1n) is 5.02. The highest BCUT2D eigenvalue weighted by atomic mass is 35.5. The third-order valence-electron chi connectivity index (χ3n) is 2.49. The van der Waals surface area contributed by atoms with E-state index in [4.69, 9.17) is 23.2 Å². The van der Waals surface area contributed by atoms with Crippen molar-refractivity contribution >= 4 is 40.8 Å². The van der Waals surface area contributed by atoms with Gasteiger partial charge in [0.05, 0.1) is 5.02 Å². The molecule has 0 aromatic carbocycles. The van der Waals surface area contributed by atoms with Crippen LogP contribution in [0.5, 0.6) is 0 Å². The summed E-state index contributed by atoms with van der Waals surface area (Å²) < 4.78 is 0. The lowest BCUT2D eigenvalue weighted by atomic mass is 10.2. The number of alkyl halides is 1. The zero-order valence-corrected chi connectivity index (χ0v) is 12.0. The van der Waals surface area contributed by atoms with Crippen molar-refractivity contribution in [3.05, 3.63) is 22.8 Å². The summed E-state index contributed by atoms with van der Waals surface area (Å²) in [6, 6.07) is 2.39. The van der Waals surface area contributed by atoms with Crippen molar-refractivity contribution in [2.75, 3.05) is 24.0 Å². The quantitative estimate of drug-likeness (QED) is 0.765. The SMILES string of the molecule is CSCC(C)N(C)c1cc(CCl)c(Cl)cn1. The van der Waals surface area contributed by atoms with Gasteiger partial charge in [0.15, 0.2) is 0 Å². The predicted molar refractivity (Wildman–Crippen MR) is 75.1 cm³/mol. The smallest absolute Gasteiger partial charge is 0.128 e. The van der Waals surface area contributed by atoms with Crippen molar-refractivity contribution in [2.45, 2.75) is 18.8 Å². The molecule has 1 heterocycles. The molecule has 0 bridgehead atoms. The highest BCUT2D eigenvalue weighted by Crippen LogP contribution is 2.22. The largest absolute Gasteiger partial charge is 0.356 e. The Bertz CT molecular complexity index is 347. The fourth-order valence-electron chi connectivity index (χ4n) is 1.34. The lowest BCUT2D eigenvalue weighted by Crippen LogP contribution is -2.31. The topological polar surface area (TPSA) is 16.1 Å². The first kappa shape index (κ1) is 13.9. The Kier molecular flexibility index (Phi) is 5.73. The first-order valence-corrected chi connectivity index (χ1v) is 7.33. The molecule has 0 amide bonds. The Morgan fingerprint density at radius 3 is 2.81 bits per heavy atom. The van der Waals surface area contributed by atoms with Crippen molar-refractivity contribution in [1.29, 1.82) is 0 Å². The molecule has 5 heteroatoms. The molecule has 2 nitrogen and oxygen atoms in total. The maximum atomic E-state index is 5.97. The van der Waals surface area contributed by atoms with Gasteiger partial charge in [-0.25, -0.2) is 4.98 Å². The molecule has 0 spiro atoms. The number of thioether (sulfide) groups is 1. The van der Waals surface area contributed by atoms with Gasteiger partial charge in [0.25, 0.3) is 0 Å². The maximum Gasteiger partial charge on any atom is 0.128 e. The Labute approximate surface area is 111 Å². The van der Waals surface area contributed by atoms with E-state index in [1.54, 1.807) is 6.20 Å². The monoisotopic (exact) mass is 278 g/mol. The van der Waals surface area contributed by atoms with Crippen LogP contribution in [0.2, 0.25) is 5.02 Å². The average Bonchev–Trinajstić information content (AvgIpc) is 2.29. The van der Waals surface area contributed by atoms with Crippen LogP contribution in [0.1, 0.15) is 12.5 Å². The Hall–Kier alpha value is -0.120. The maximum absolute atomic E-state index is 5.97. The van der Waals surface area contributed by atoms with Gasteiger partial charge in [0.1, 0.15) is 5.82 Å². The van der Waals surface area contributed by atoms with Gasteiger partial charge in [0, 0.05) is 30.9 Å². The van der Waals surface area contributed by atoms with Crippen LogP contribution in [0.3, 0.4) is 0 Å². The van der Waals surface area contributed by atoms with E-state index in [2.05, 4.69) is 23.1 Å². The minimum atomic E-state index is 0.416. The fraction of sp³-hybridized carbons (Fsp3) is 0.545. The zero-order valence-electron chi connectivity index (χ0n) is 9.70. The second kappa shape index (κ2) is 6.58. The van der Waals surface area contributed by atoms with Gasteiger partial charge in [-0.1, -0.05) is 11.6 Å². The van der Waals surface area contributed by atoms with Crippen LogP contribution in [0, 0.1) is 0 Å². The van der Waals surface area contributed by atoms with Gasteiger partial charge in [-0.15, -0.1) is 11.6 Å². The summed E-state index contributed by atoms with van der Waals surface area (Å²) in [5.41, 5.74) is 0.927. The minimum Gasteiger partial charge on any atom is -0.356 e. The molecule has 0 radical (unpaired) electrons. The van der Waals surface area contributed by atoms with Gasteiger partial charge >= 0.3 is 0 Å². The fourth-order valence-corrected chi connectivity index (χ4v) is 2.51. The molecule has 1 rings (SSSR count). The number of halogens is 2. The van der Waals surface area contributed by atoms with E-state index < -0.39 is 0 Å². The second-order valence-electron chi connectivity index (χ2n) is 3.68. The molecule has 0 aliphatic heterocycles. The summed E-state index contributed by atoms with van der Waals surface area (Å²) in [6.45, 7) is 2.17. The molecule has 1 unspecified atom stereocenters. The van der Waals surface area contributed by atoms with Crippen LogP contribution >= 0.6 is 35.0 Å². The number of nitrogens with zero attached hydrogens (tertiary/aromatic N) is 2. The van der Waals surface area contributed by atoms with Crippen LogP contribution in [0.15, 0.2) is 12.3 Å². The molecule has 90 valence electrons. The third kappa shape index (κ3) is 3.44. The summed E-state index contributed by atoms with van der Waals surface area (Å²) >= 11 is 13.6. The highest BCUT2D eigenvalue weighted by molar-refractivity contribution is 7.98. The van der Waals surface area contributed by atoms with Crippen LogP contribution < -0.4 is 4.90 Å². The second-order valence-corrected chi connectivity index (χ2v) is 5.27. The van der Waals surface area contributed by atoms with Crippen LogP contribution in [0.4, 0.5) is 5.82 Å². The summed E-state index contributed by atoms with van der Waals surface area (Å²) in [5.74, 6) is 2.40. The van der Waals surface area contributed by atoms with E-state index in [0.29, 0.717) is 16.9 Å². The number of hydrogen-bond donors (Lipinski definition) is 0. The summed E-state index contributed by atoms with van der Waals surface area (Å²) in [4.78, 5) is 6.46. The van der Waals surface area contributed by atoms with Gasteiger partial charge in [-0.3, -0.25) is 0 Å². The molecule has 0 aliphatic carbocycles. The van der Waals surface area contributed by atoms with E-state index in [1.807, 2.05) is 24.9 Å². The summed E-state index contributed by atoms with van der Waals surface area (Å²) in [6.07, 6.45) is 3.76. The van der Waals surface area contributed by atoms with Crippen molar-refractivity contribution < 1.29 is 0 Å². The van der Waals surface area contributed by atoms with Crippen LogP contribution in [-0.4, -0.2) is 30.1 Å². The van der Waals surface area contributed by atoms with Crippen molar-refractivity contribution in [2.24, 2.45) is 0 Å². The molecule has 1 aromatic heterocycles. The molecule has 0 fully saturated rings. The van der Waals surface area contributed by atoms with Crippen molar-refractivity contribution in [1.82, 2.24) is 4.98 Å². The van der Waals surface area contributed by atoms with Crippen molar-refractivity contribution in [3.63, 3.8) is 0 Å². The number of rotatable bonds is 5. The van der Waals surface area contributed by atoms with E-state index in [9.17, 15) is 0 Å². The number of anilines is 1. The standard InChI is InChI=1S/C11H16Cl2N2S/c1-8(7-16-3)15(2)11-4-9(5-12)10(13)6-14-11/h4,6,8H,5,7H2,1-3H3. The average molecular weight is 279 g/mol. The molecule has 16 heavy (non-hydrogen) atoms. The van der Waals surface area contributed by atoms with E-state index >= 15 is 0 Å². The van der Waals surface area contributed by atoms with Gasteiger partial charge in [0.2, 0.25) is 0 Å². The third-order valence-corrected chi connectivity index (χ3v) is 3.94. The van der Waals surface area contributed by atoms with Crippen LogP contribution in [-0.2, 0) is 5.88 Å². The molecule has 1 atom stereocenters.